The van der Waals surface area contributed by atoms with E-state index in [1.165, 1.54) is 0 Å². The van der Waals surface area contributed by atoms with E-state index in [-0.39, 0.29) is 6.54 Å². The molecular weight excluding hydrogens is 202 g/mol. The van der Waals surface area contributed by atoms with E-state index in [2.05, 4.69) is 0 Å². The maximum Gasteiger partial charge on any atom is 0.359 e. The first kappa shape index (κ1) is 11.0. The quantitative estimate of drug-likeness (QED) is 0.779. The van der Waals surface area contributed by atoms with E-state index in [9.17, 15) is 8.42 Å². The molecule has 4 nitrogen and oxygen atoms in total. The van der Waals surface area contributed by atoms with Crippen molar-refractivity contribution in [2.24, 2.45) is 0 Å². The van der Waals surface area contributed by atoms with Crippen molar-refractivity contribution in [2.45, 2.75) is 13.8 Å². The van der Waals surface area contributed by atoms with Crippen LogP contribution in [-0.2, 0) is 10.3 Å². The summed E-state index contributed by atoms with van der Waals surface area (Å²) >= 11 is 0. The Morgan fingerprint density at radius 2 is 1.93 bits per heavy atom. The van der Waals surface area contributed by atoms with Gasteiger partial charge in [0.05, 0.1) is 5.69 Å². The monoisotopic (exact) mass is 215 g/mol. The minimum Gasteiger partial charge on any atom is -0.269 e. The van der Waals surface area contributed by atoms with Gasteiger partial charge in [0.1, 0.15) is 0 Å². The van der Waals surface area contributed by atoms with Crippen LogP contribution in [0.4, 0.5) is 5.69 Å². The highest BCUT2D eigenvalue weighted by Gasteiger charge is 2.18. The van der Waals surface area contributed by atoms with Crippen LogP contribution in [0.15, 0.2) is 24.3 Å². The summed E-state index contributed by atoms with van der Waals surface area (Å²) in [7, 11) is -4.16. The molecule has 0 atom stereocenters. The van der Waals surface area contributed by atoms with Crippen molar-refractivity contribution in [1.29, 1.82) is 0 Å². The first-order valence-corrected chi connectivity index (χ1v) is 5.67. The fourth-order valence-corrected chi connectivity index (χ4v) is 2.08. The first-order chi connectivity index (χ1) is 6.46. The molecule has 0 saturated heterocycles. The fourth-order valence-electron chi connectivity index (χ4n) is 1.30. The third-order valence-corrected chi connectivity index (χ3v) is 2.96. The molecule has 0 aliphatic heterocycles. The van der Waals surface area contributed by atoms with Gasteiger partial charge in [0.25, 0.3) is 0 Å². The van der Waals surface area contributed by atoms with Crippen molar-refractivity contribution in [3.8, 4) is 0 Å². The smallest absolute Gasteiger partial charge is 0.269 e. The van der Waals surface area contributed by atoms with E-state index >= 15 is 0 Å². The highest BCUT2D eigenvalue weighted by atomic mass is 32.2. The van der Waals surface area contributed by atoms with Gasteiger partial charge in [0.15, 0.2) is 0 Å². The lowest BCUT2D eigenvalue weighted by molar-refractivity contribution is 0.478. The van der Waals surface area contributed by atoms with Gasteiger partial charge in [0, 0.05) is 6.54 Å². The van der Waals surface area contributed by atoms with Gasteiger partial charge in [0.2, 0.25) is 0 Å². The van der Waals surface area contributed by atoms with Gasteiger partial charge < -0.3 is 0 Å². The molecule has 0 saturated carbocycles. The number of hydrogen-bond donors (Lipinski definition) is 1. The van der Waals surface area contributed by atoms with Crippen molar-refractivity contribution in [1.82, 2.24) is 0 Å². The predicted octanol–water partition coefficient (Wildman–Crippen LogP) is 1.62. The summed E-state index contributed by atoms with van der Waals surface area (Å²) in [5.41, 5.74) is 1.32. The molecule has 0 bridgehead atoms. The molecule has 0 unspecified atom stereocenters. The molecule has 1 rings (SSSR count). The number of nitrogens with zero attached hydrogens (tertiary/aromatic N) is 1. The molecule has 1 aromatic carbocycles. The molecule has 0 fully saturated rings. The Morgan fingerprint density at radius 1 is 1.36 bits per heavy atom. The van der Waals surface area contributed by atoms with Gasteiger partial charge in [-0.05, 0) is 25.5 Å². The summed E-state index contributed by atoms with van der Waals surface area (Å²) < 4.78 is 31.9. The Morgan fingerprint density at radius 3 is 2.36 bits per heavy atom. The molecule has 78 valence electrons. The Bertz CT molecular complexity index is 414. The summed E-state index contributed by atoms with van der Waals surface area (Å²) in [4.78, 5) is 0. The van der Waals surface area contributed by atoms with Crippen LogP contribution in [0, 0.1) is 6.92 Å². The molecule has 0 heterocycles. The number of para-hydroxylation sites is 1. The lowest BCUT2D eigenvalue weighted by Gasteiger charge is -2.20. The molecule has 0 aliphatic rings. The van der Waals surface area contributed by atoms with Crippen molar-refractivity contribution in [3.05, 3.63) is 29.8 Å². The molecule has 14 heavy (non-hydrogen) atoms. The van der Waals surface area contributed by atoms with Crippen LogP contribution >= 0.6 is 0 Å². The van der Waals surface area contributed by atoms with Gasteiger partial charge >= 0.3 is 10.3 Å². The third kappa shape index (κ3) is 2.24. The Balaban J connectivity index is 3.21. The van der Waals surface area contributed by atoms with E-state index in [4.69, 9.17) is 4.55 Å². The number of benzene rings is 1. The fraction of sp³-hybridized carbons (Fsp3) is 0.333. The van der Waals surface area contributed by atoms with Crippen molar-refractivity contribution < 1.29 is 13.0 Å². The zero-order valence-electron chi connectivity index (χ0n) is 8.14. The molecule has 0 aromatic heterocycles. The average Bonchev–Trinajstić information content (AvgIpc) is 2.07. The second kappa shape index (κ2) is 3.98. The molecule has 0 spiro atoms. The number of anilines is 1. The van der Waals surface area contributed by atoms with E-state index < -0.39 is 10.3 Å². The summed E-state index contributed by atoms with van der Waals surface area (Å²) in [6.07, 6.45) is 0. The minimum atomic E-state index is -4.16. The maximum atomic E-state index is 11.0. The van der Waals surface area contributed by atoms with Gasteiger partial charge in [-0.1, -0.05) is 18.2 Å². The Labute approximate surface area is 84.1 Å². The Kier molecular flexibility index (Phi) is 3.13. The summed E-state index contributed by atoms with van der Waals surface area (Å²) in [5.74, 6) is 0. The number of hydrogen-bond acceptors (Lipinski definition) is 2. The minimum absolute atomic E-state index is 0.212. The highest BCUT2D eigenvalue weighted by Crippen LogP contribution is 2.21. The topological polar surface area (TPSA) is 57.6 Å². The molecule has 0 amide bonds. The summed E-state index contributed by atoms with van der Waals surface area (Å²) in [6, 6.07) is 7.00. The Hall–Kier alpha value is -1.07. The van der Waals surface area contributed by atoms with Crippen LogP contribution in [0.5, 0.6) is 0 Å². The lowest BCUT2D eigenvalue weighted by Crippen LogP contribution is -2.30. The second-order valence-electron chi connectivity index (χ2n) is 2.93. The van der Waals surface area contributed by atoms with Gasteiger partial charge in [-0.3, -0.25) is 4.55 Å². The summed E-state index contributed by atoms with van der Waals surface area (Å²) in [6.45, 7) is 3.67. The molecule has 1 N–H and O–H groups in total. The second-order valence-corrected chi connectivity index (χ2v) is 4.27. The third-order valence-electron chi connectivity index (χ3n) is 1.95. The first-order valence-electron chi connectivity index (χ1n) is 4.27. The van der Waals surface area contributed by atoms with Gasteiger partial charge in [-0.15, -0.1) is 0 Å². The van der Waals surface area contributed by atoms with Crippen molar-refractivity contribution >= 4 is 16.0 Å². The zero-order valence-corrected chi connectivity index (χ0v) is 8.95. The largest absolute Gasteiger partial charge is 0.359 e. The summed E-state index contributed by atoms with van der Waals surface area (Å²) in [5, 5.41) is 0. The van der Waals surface area contributed by atoms with Gasteiger partial charge in [-0.2, -0.15) is 8.42 Å². The number of rotatable bonds is 3. The lowest BCUT2D eigenvalue weighted by atomic mass is 10.2. The normalized spacial score (nSPS) is 11.4. The van der Waals surface area contributed by atoms with Crippen molar-refractivity contribution in [2.75, 3.05) is 10.8 Å². The van der Waals surface area contributed by atoms with Crippen LogP contribution in [0.25, 0.3) is 0 Å². The van der Waals surface area contributed by atoms with E-state index in [0.717, 1.165) is 9.87 Å². The average molecular weight is 215 g/mol. The molecular formula is C9H13NO3S. The van der Waals surface area contributed by atoms with Crippen LogP contribution in [0.3, 0.4) is 0 Å². The van der Waals surface area contributed by atoms with Crippen LogP contribution in [-0.4, -0.2) is 19.5 Å². The van der Waals surface area contributed by atoms with E-state index in [0.29, 0.717) is 5.69 Å². The van der Waals surface area contributed by atoms with Crippen LogP contribution in [0.2, 0.25) is 0 Å². The standard InChI is InChI=1S/C9H13NO3S/c1-3-10(14(11,12)13)9-7-5-4-6-8(9)2/h4-7H,3H2,1-2H3,(H,11,12,13). The molecule has 1 aromatic rings. The number of aryl methyl sites for hydroxylation is 1. The van der Waals surface area contributed by atoms with Crippen LogP contribution < -0.4 is 4.31 Å². The molecule has 0 radical (unpaired) electrons. The van der Waals surface area contributed by atoms with Crippen molar-refractivity contribution in [3.63, 3.8) is 0 Å². The zero-order chi connectivity index (χ0) is 10.8. The molecule has 5 heteroatoms. The van der Waals surface area contributed by atoms with E-state index in [1.54, 1.807) is 32.0 Å². The SMILES string of the molecule is CCN(c1ccccc1C)S(=O)(=O)O. The van der Waals surface area contributed by atoms with Crippen LogP contribution in [0.1, 0.15) is 12.5 Å². The highest BCUT2D eigenvalue weighted by molar-refractivity contribution is 7.87. The predicted molar refractivity (Wildman–Crippen MR) is 55.7 cm³/mol. The maximum absolute atomic E-state index is 11.0. The van der Waals surface area contributed by atoms with Gasteiger partial charge in [-0.25, -0.2) is 4.31 Å². The van der Waals surface area contributed by atoms with E-state index in [1.807, 2.05) is 6.07 Å². The molecule has 0 aliphatic carbocycles.